The van der Waals surface area contributed by atoms with Crippen LogP contribution < -0.4 is 16.0 Å². The Morgan fingerprint density at radius 3 is 2.31 bits per heavy atom. The summed E-state index contributed by atoms with van der Waals surface area (Å²) in [5.41, 5.74) is 1.29. The van der Waals surface area contributed by atoms with E-state index in [2.05, 4.69) is 40.0 Å². The van der Waals surface area contributed by atoms with E-state index in [0.717, 1.165) is 24.2 Å². The van der Waals surface area contributed by atoms with Gasteiger partial charge in [0, 0.05) is 26.7 Å². The molecule has 164 valence electrons. The van der Waals surface area contributed by atoms with Crippen molar-refractivity contribution >= 4 is 12.1 Å². The lowest BCUT2D eigenvalue weighted by Crippen LogP contribution is -2.54. The Bertz CT molecular complexity index is 666. The zero-order chi connectivity index (χ0) is 21.9. The summed E-state index contributed by atoms with van der Waals surface area (Å²) in [4.78, 5) is 16.3. The van der Waals surface area contributed by atoms with Crippen molar-refractivity contribution < 1.29 is 14.3 Å². The minimum atomic E-state index is -0.528. The largest absolute Gasteiger partial charge is 0.444 e. The molecule has 1 amide bonds. The number of rotatable bonds is 9. The monoisotopic (exact) mass is 406 g/mol. The summed E-state index contributed by atoms with van der Waals surface area (Å²) in [6.45, 7) is 14.0. The van der Waals surface area contributed by atoms with E-state index >= 15 is 0 Å². The third-order valence-corrected chi connectivity index (χ3v) is 3.93. The number of carbonyl (C=O) groups is 1. The van der Waals surface area contributed by atoms with Crippen molar-refractivity contribution in [2.45, 2.75) is 72.3 Å². The molecule has 0 aliphatic rings. The summed E-state index contributed by atoms with van der Waals surface area (Å²) in [7, 11) is 1.72. The molecule has 0 fully saturated rings. The summed E-state index contributed by atoms with van der Waals surface area (Å²) >= 11 is 0. The van der Waals surface area contributed by atoms with Crippen LogP contribution in [0.2, 0.25) is 0 Å². The SMILES string of the molecule is CCCOCc1ccccc1CNC(=NC)NCC(C)(C)NC(=O)OC(C)(C)C. The van der Waals surface area contributed by atoms with Gasteiger partial charge < -0.3 is 25.4 Å². The maximum atomic E-state index is 12.0. The molecule has 0 bridgehead atoms. The number of aliphatic imine (C=N–C) groups is 1. The first-order chi connectivity index (χ1) is 13.6. The number of ether oxygens (including phenoxy) is 2. The molecule has 1 rings (SSSR count). The summed E-state index contributed by atoms with van der Waals surface area (Å²) in [5, 5.41) is 9.46. The maximum absolute atomic E-state index is 12.0. The van der Waals surface area contributed by atoms with Crippen molar-refractivity contribution in [2.75, 3.05) is 20.2 Å². The topological polar surface area (TPSA) is 84.0 Å². The fraction of sp³-hybridized carbons (Fsp3) is 0.636. The zero-order valence-electron chi connectivity index (χ0n) is 19.0. The van der Waals surface area contributed by atoms with Gasteiger partial charge in [-0.05, 0) is 52.2 Å². The quantitative estimate of drug-likeness (QED) is 0.332. The van der Waals surface area contributed by atoms with E-state index < -0.39 is 17.2 Å². The number of nitrogens with zero attached hydrogens (tertiary/aromatic N) is 1. The highest BCUT2D eigenvalue weighted by Gasteiger charge is 2.24. The Labute approximate surface area is 175 Å². The summed E-state index contributed by atoms with van der Waals surface area (Å²) < 4.78 is 11.0. The van der Waals surface area contributed by atoms with E-state index in [1.54, 1.807) is 7.05 Å². The first-order valence-corrected chi connectivity index (χ1v) is 10.2. The average Bonchev–Trinajstić information content (AvgIpc) is 2.61. The number of hydrogen-bond donors (Lipinski definition) is 3. The van der Waals surface area contributed by atoms with Gasteiger partial charge in [-0.1, -0.05) is 31.2 Å². The Morgan fingerprint density at radius 1 is 1.07 bits per heavy atom. The number of guanidine groups is 1. The lowest BCUT2D eigenvalue weighted by atomic mass is 10.1. The van der Waals surface area contributed by atoms with Gasteiger partial charge in [0.25, 0.3) is 0 Å². The zero-order valence-corrected chi connectivity index (χ0v) is 19.0. The lowest BCUT2D eigenvalue weighted by molar-refractivity contribution is 0.0474. The Kier molecular flexibility index (Phi) is 9.95. The number of alkyl carbamates (subject to hydrolysis) is 1. The molecule has 0 saturated heterocycles. The fourth-order valence-electron chi connectivity index (χ4n) is 2.53. The van der Waals surface area contributed by atoms with Crippen molar-refractivity contribution in [3.63, 3.8) is 0 Å². The van der Waals surface area contributed by atoms with E-state index in [4.69, 9.17) is 9.47 Å². The predicted octanol–water partition coefficient (Wildman–Crippen LogP) is 3.58. The molecular weight excluding hydrogens is 368 g/mol. The molecule has 0 heterocycles. The molecule has 0 aliphatic carbocycles. The normalized spacial score (nSPS) is 12.4. The first-order valence-electron chi connectivity index (χ1n) is 10.2. The first kappa shape index (κ1) is 24.8. The van der Waals surface area contributed by atoms with Gasteiger partial charge in [0.2, 0.25) is 0 Å². The van der Waals surface area contributed by atoms with Crippen LogP contribution in [0.25, 0.3) is 0 Å². The van der Waals surface area contributed by atoms with Crippen LogP contribution in [0.3, 0.4) is 0 Å². The van der Waals surface area contributed by atoms with Crippen LogP contribution >= 0.6 is 0 Å². The third kappa shape index (κ3) is 10.7. The van der Waals surface area contributed by atoms with Gasteiger partial charge in [0.05, 0.1) is 12.1 Å². The molecule has 0 aromatic heterocycles. The molecule has 0 atom stereocenters. The second-order valence-electron chi connectivity index (χ2n) is 8.61. The Morgan fingerprint density at radius 2 is 1.72 bits per heavy atom. The number of amides is 1. The summed E-state index contributed by atoms with van der Waals surface area (Å²) in [6, 6.07) is 8.20. The van der Waals surface area contributed by atoms with Crippen molar-refractivity contribution in [3.8, 4) is 0 Å². The molecule has 0 radical (unpaired) electrons. The van der Waals surface area contributed by atoms with E-state index in [-0.39, 0.29) is 0 Å². The van der Waals surface area contributed by atoms with Crippen LogP contribution in [0.5, 0.6) is 0 Å². The number of nitrogens with one attached hydrogen (secondary N) is 3. The second-order valence-corrected chi connectivity index (χ2v) is 8.61. The molecule has 7 heteroatoms. The van der Waals surface area contributed by atoms with E-state index in [9.17, 15) is 4.79 Å². The van der Waals surface area contributed by atoms with Crippen molar-refractivity contribution in [3.05, 3.63) is 35.4 Å². The smallest absolute Gasteiger partial charge is 0.408 e. The van der Waals surface area contributed by atoms with Gasteiger partial charge in [-0.3, -0.25) is 4.99 Å². The molecule has 0 aliphatic heterocycles. The highest BCUT2D eigenvalue weighted by Crippen LogP contribution is 2.11. The van der Waals surface area contributed by atoms with Crippen LogP contribution in [-0.2, 0) is 22.6 Å². The summed E-state index contributed by atoms with van der Waals surface area (Å²) in [6.07, 6.45) is 0.567. The standard InChI is InChI=1S/C22H38N4O3/c1-8-13-28-15-18-12-10-9-11-17(18)14-24-19(23-7)25-16-22(5,6)26-20(27)29-21(2,3)4/h9-12H,8,13-16H2,1-7H3,(H,26,27)(H2,23,24,25). The van der Waals surface area contributed by atoms with Gasteiger partial charge in [0.1, 0.15) is 5.60 Å². The van der Waals surface area contributed by atoms with Crippen molar-refractivity contribution in [1.82, 2.24) is 16.0 Å². The maximum Gasteiger partial charge on any atom is 0.408 e. The molecular formula is C22H38N4O3. The summed E-state index contributed by atoms with van der Waals surface area (Å²) in [5.74, 6) is 0.661. The molecule has 1 aromatic carbocycles. The van der Waals surface area contributed by atoms with Crippen LogP contribution in [0.1, 0.15) is 59.1 Å². The van der Waals surface area contributed by atoms with Crippen molar-refractivity contribution in [1.29, 1.82) is 0 Å². The number of carbonyl (C=O) groups excluding carboxylic acids is 1. The molecule has 29 heavy (non-hydrogen) atoms. The predicted molar refractivity (Wildman–Crippen MR) is 118 cm³/mol. The van der Waals surface area contributed by atoms with Crippen LogP contribution in [0.15, 0.2) is 29.3 Å². The van der Waals surface area contributed by atoms with Gasteiger partial charge in [-0.15, -0.1) is 0 Å². The Hall–Kier alpha value is -2.28. The Balaban J connectivity index is 2.56. The van der Waals surface area contributed by atoms with Gasteiger partial charge in [0.15, 0.2) is 5.96 Å². The van der Waals surface area contributed by atoms with E-state index in [1.165, 1.54) is 0 Å². The van der Waals surface area contributed by atoms with Gasteiger partial charge >= 0.3 is 6.09 Å². The van der Waals surface area contributed by atoms with Gasteiger partial charge in [-0.25, -0.2) is 4.79 Å². The molecule has 1 aromatic rings. The highest BCUT2D eigenvalue weighted by molar-refractivity contribution is 5.79. The van der Waals surface area contributed by atoms with Gasteiger partial charge in [-0.2, -0.15) is 0 Å². The number of benzene rings is 1. The lowest BCUT2D eigenvalue weighted by Gasteiger charge is -2.29. The molecule has 7 nitrogen and oxygen atoms in total. The minimum absolute atomic E-state index is 0.437. The van der Waals surface area contributed by atoms with Crippen LogP contribution in [0, 0.1) is 0 Å². The molecule has 0 saturated carbocycles. The van der Waals surface area contributed by atoms with E-state index in [1.807, 2.05) is 46.8 Å². The number of hydrogen-bond acceptors (Lipinski definition) is 4. The second kappa shape index (κ2) is 11.7. The third-order valence-electron chi connectivity index (χ3n) is 3.93. The minimum Gasteiger partial charge on any atom is -0.444 e. The van der Waals surface area contributed by atoms with Crippen LogP contribution in [-0.4, -0.2) is 43.4 Å². The van der Waals surface area contributed by atoms with E-state index in [0.29, 0.717) is 25.7 Å². The molecule has 0 unspecified atom stereocenters. The van der Waals surface area contributed by atoms with Crippen molar-refractivity contribution in [2.24, 2.45) is 4.99 Å². The van der Waals surface area contributed by atoms with Crippen LogP contribution in [0.4, 0.5) is 4.79 Å². The fourth-order valence-corrected chi connectivity index (χ4v) is 2.53. The highest BCUT2D eigenvalue weighted by atomic mass is 16.6. The average molecular weight is 407 g/mol. The molecule has 3 N–H and O–H groups in total. The molecule has 0 spiro atoms.